The van der Waals surface area contributed by atoms with Crippen LogP contribution in [0.25, 0.3) is 10.8 Å². The van der Waals surface area contributed by atoms with Crippen LogP contribution >= 0.6 is 0 Å². The number of hydrogen-bond donors (Lipinski definition) is 1. The second kappa shape index (κ2) is 8.04. The van der Waals surface area contributed by atoms with Crippen LogP contribution in [0, 0.1) is 0 Å². The number of benzene rings is 2. The fraction of sp³-hybridized carbons (Fsp3) is 0.318. The Kier molecular flexibility index (Phi) is 5.32. The SMILES string of the molecule is COc1ccc2cc(C3CN(Cc4cc(=O)c(OC)c[nH]4)CCO3)ccc2c1. The zero-order valence-corrected chi connectivity index (χ0v) is 16.1. The van der Waals surface area contributed by atoms with Crippen molar-refractivity contribution in [3.63, 3.8) is 0 Å². The number of H-pyrrole nitrogens is 1. The molecule has 4 rings (SSSR count). The maximum atomic E-state index is 12.0. The van der Waals surface area contributed by atoms with E-state index >= 15 is 0 Å². The van der Waals surface area contributed by atoms with Crippen LogP contribution in [0.4, 0.5) is 0 Å². The van der Waals surface area contributed by atoms with Crippen LogP contribution in [-0.2, 0) is 11.3 Å². The number of ether oxygens (including phenoxy) is 3. The number of nitrogens with one attached hydrogen (secondary N) is 1. The monoisotopic (exact) mass is 380 g/mol. The molecule has 146 valence electrons. The summed E-state index contributed by atoms with van der Waals surface area (Å²) in [6.07, 6.45) is 1.62. The van der Waals surface area contributed by atoms with E-state index < -0.39 is 0 Å². The van der Waals surface area contributed by atoms with Crippen molar-refractivity contribution in [2.75, 3.05) is 33.9 Å². The van der Waals surface area contributed by atoms with Crippen molar-refractivity contribution in [1.29, 1.82) is 0 Å². The zero-order chi connectivity index (χ0) is 19.5. The number of nitrogens with zero attached hydrogens (tertiary/aromatic N) is 1. The molecule has 6 nitrogen and oxygen atoms in total. The average Bonchev–Trinajstić information content (AvgIpc) is 2.73. The van der Waals surface area contributed by atoms with Gasteiger partial charge in [0.15, 0.2) is 5.75 Å². The quantitative estimate of drug-likeness (QED) is 0.737. The van der Waals surface area contributed by atoms with Gasteiger partial charge in [-0.25, -0.2) is 0 Å². The molecule has 2 heterocycles. The van der Waals surface area contributed by atoms with Gasteiger partial charge in [-0.05, 0) is 34.5 Å². The molecule has 0 spiro atoms. The number of morpholine rings is 1. The Morgan fingerprint density at radius 2 is 1.93 bits per heavy atom. The van der Waals surface area contributed by atoms with Crippen LogP contribution in [0.1, 0.15) is 17.4 Å². The van der Waals surface area contributed by atoms with Gasteiger partial charge in [0.1, 0.15) is 5.75 Å². The van der Waals surface area contributed by atoms with Crippen LogP contribution in [-0.4, -0.2) is 43.8 Å². The second-order valence-corrected chi connectivity index (χ2v) is 6.96. The van der Waals surface area contributed by atoms with Crippen molar-refractivity contribution in [3.8, 4) is 11.5 Å². The van der Waals surface area contributed by atoms with Gasteiger partial charge in [-0.3, -0.25) is 9.69 Å². The highest BCUT2D eigenvalue weighted by Gasteiger charge is 2.22. The van der Waals surface area contributed by atoms with Crippen molar-refractivity contribution in [1.82, 2.24) is 9.88 Å². The van der Waals surface area contributed by atoms with Gasteiger partial charge in [-0.15, -0.1) is 0 Å². The van der Waals surface area contributed by atoms with Crippen molar-refractivity contribution in [2.24, 2.45) is 0 Å². The minimum absolute atomic E-state index is 0.00484. The lowest BCUT2D eigenvalue weighted by molar-refractivity contribution is -0.0332. The molecule has 0 bridgehead atoms. The zero-order valence-electron chi connectivity index (χ0n) is 16.1. The molecule has 0 saturated carbocycles. The van der Waals surface area contributed by atoms with Crippen LogP contribution < -0.4 is 14.9 Å². The second-order valence-electron chi connectivity index (χ2n) is 6.96. The Labute approximate surface area is 163 Å². The van der Waals surface area contributed by atoms with Crippen LogP contribution in [0.3, 0.4) is 0 Å². The standard InChI is InChI=1S/C22H24N2O4/c1-26-19-6-5-15-9-17(4-3-16(15)10-19)22-14-24(7-8-28-22)13-18-11-20(25)21(27-2)12-23-18/h3-6,9-12,22H,7-8,13-14H2,1-2H3,(H,23,25). The highest BCUT2D eigenvalue weighted by atomic mass is 16.5. The van der Waals surface area contributed by atoms with E-state index in [-0.39, 0.29) is 11.5 Å². The molecule has 3 aromatic rings. The molecular weight excluding hydrogens is 356 g/mol. The van der Waals surface area contributed by atoms with Crippen LogP contribution in [0.2, 0.25) is 0 Å². The Bertz CT molecular complexity index is 1030. The Hall–Kier alpha value is -2.83. The number of hydrogen-bond acceptors (Lipinski definition) is 5. The molecule has 6 heteroatoms. The maximum absolute atomic E-state index is 12.0. The first-order valence-electron chi connectivity index (χ1n) is 9.33. The minimum atomic E-state index is -0.106. The van der Waals surface area contributed by atoms with Gasteiger partial charge in [0.25, 0.3) is 0 Å². The highest BCUT2D eigenvalue weighted by Crippen LogP contribution is 2.28. The van der Waals surface area contributed by atoms with E-state index in [1.54, 1.807) is 19.4 Å². The van der Waals surface area contributed by atoms with E-state index in [1.165, 1.54) is 12.5 Å². The van der Waals surface area contributed by atoms with Crippen molar-refractivity contribution >= 4 is 10.8 Å². The fourth-order valence-corrected chi connectivity index (χ4v) is 3.61. The molecule has 28 heavy (non-hydrogen) atoms. The summed E-state index contributed by atoms with van der Waals surface area (Å²) in [5, 5.41) is 2.31. The van der Waals surface area contributed by atoms with Gasteiger partial charge in [0, 0.05) is 37.6 Å². The first kappa shape index (κ1) is 18.5. The summed E-state index contributed by atoms with van der Waals surface area (Å²) in [4.78, 5) is 17.4. The lowest BCUT2D eigenvalue weighted by Gasteiger charge is -2.33. The van der Waals surface area contributed by atoms with Crippen LogP contribution in [0.5, 0.6) is 11.5 Å². The molecule has 1 fully saturated rings. The van der Waals surface area contributed by atoms with Gasteiger partial charge in [0.2, 0.25) is 5.43 Å². The largest absolute Gasteiger partial charge is 0.497 e. The number of aromatic amines is 1. The average molecular weight is 380 g/mol. The molecule has 1 atom stereocenters. The predicted molar refractivity (Wildman–Crippen MR) is 108 cm³/mol. The molecule has 0 aliphatic carbocycles. The first-order valence-corrected chi connectivity index (χ1v) is 9.33. The lowest BCUT2D eigenvalue weighted by Crippen LogP contribution is -2.38. The Balaban J connectivity index is 1.49. The van der Waals surface area contributed by atoms with Gasteiger partial charge >= 0.3 is 0 Å². The molecule has 0 amide bonds. The van der Waals surface area contributed by atoms with Gasteiger partial charge in [-0.2, -0.15) is 0 Å². The number of fused-ring (bicyclic) bond motifs is 1. The third kappa shape index (κ3) is 3.88. The van der Waals surface area contributed by atoms with Gasteiger partial charge in [0.05, 0.1) is 26.9 Å². The van der Waals surface area contributed by atoms with E-state index in [9.17, 15) is 4.79 Å². The smallest absolute Gasteiger partial charge is 0.223 e. The molecule has 1 aromatic heterocycles. The third-order valence-electron chi connectivity index (χ3n) is 5.14. The summed E-state index contributed by atoms with van der Waals surface area (Å²) in [6.45, 7) is 2.93. The van der Waals surface area contributed by atoms with Crippen LogP contribution in [0.15, 0.2) is 53.5 Å². The topological polar surface area (TPSA) is 63.8 Å². The van der Waals surface area contributed by atoms with E-state index in [1.807, 2.05) is 12.1 Å². The molecule has 1 N–H and O–H groups in total. The predicted octanol–water partition coefficient (Wildman–Crippen LogP) is 3.12. The van der Waals surface area contributed by atoms with Gasteiger partial charge in [-0.1, -0.05) is 18.2 Å². The molecule has 1 aliphatic rings. The summed E-state index contributed by atoms with van der Waals surface area (Å²) < 4.78 is 16.4. The number of methoxy groups -OCH3 is 2. The number of pyridine rings is 1. The first-order chi connectivity index (χ1) is 13.7. The summed E-state index contributed by atoms with van der Waals surface area (Å²) in [5.74, 6) is 1.19. The normalized spacial score (nSPS) is 17.6. The van der Waals surface area contributed by atoms with Gasteiger partial charge < -0.3 is 19.2 Å². The Morgan fingerprint density at radius 3 is 2.71 bits per heavy atom. The summed E-state index contributed by atoms with van der Waals surface area (Å²) in [6, 6.07) is 14.1. The summed E-state index contributed by atoms with van der Waals surface area (Å²) in [5.41, 5.74) is 1.92. The number of aromatic nitrogens is 1. The molecule has 2 aromatic carbocycles. The van der Waals surface area contributed by atoms with E-state index in [4.69, 9.17) is 14.2 Å². The Morgan fingerprint density at radius 1 is 1.11 bits per heavy atom. The highest BCUT2D eigenvalue weighted by molar-refractivity contribution is 5.84. The lowest BCUT2D eigenvalue weighted by atomic mass is 10.0. The van der Waals surface area contributed by atoms with E-state index in [0.717, 1.165) is 35.5 Å². The number of rotatable bonds is 5. The molecule has 1 aliphatic heterocycles. The van der Waals surface area contributed by atoms with E-state index in [0.29, 0.717) is 18.9 Å². The maximum Gasteiger partial charge on any atom is 0.223 e. The molecular formula is C22H24N2O4. The summed E-state index contributed by atoms with van der Waals surface area (Å²) >= 11 is 0. The fourth-order valence-electron chi connectivity index (χ4n) is 3.61. The molecule has 1 unspecified atom stereocenters. The van der Waals surface area contributed by atoms with Crippen molar-refractivity contribution < 1.29 is 14.2 Å². The minimum Gasteiger partial charge on any atom is -0.497 e. The van der Waals surface area contributed by atoms with Crippen molar-refractivity contribution in [2.45, 2.75) is 12.6 Å². The molecule has 1 saturated heterocycles. The van der Waals surface area contributed by atoms with Crippen molar-refractivity contribution in [3.05, 3.63) is 70.1 Å². The summed E-state index contributed by atoms with van der Waals surface area (Å²) in [7, 11) is 3.17. The van der Waals surface area contributed by atoms with E-state index in [2.05, 4.69) is 34.1 Å². The molecule has 0 radical (unpaired) electrons. The third-order valence-corrected chi connectivity index (χ3v) is 5.14.